The van der Waals surface area contributed by atoms with Gasteiger partial charge in [-0.1, -0.05) is 0 Å². The summed E-state index contributed by atoms with van der Waals surface area (Å²) in [6.07, 6.45) is 0. The fraction of sp³-hybridized carbons (Fsp3) is 0.417. The van der Waals surface area contributed by atoms with E-state index in [4.69, 9.17) is 16.3 Å². The van der Waals surface area contributed by atoms with Crippen LogP contribution < -0.4 is 4.46 Å². The van der Waals surface area contributed by atoms with E-state index in [0.29, 0.717) is 6.61 Å². The molecular formula is C12H15ClO2Se. The second-order valence-corrected chi connectivity index (χ2v) is 6.52. The van der Waals surface area contributed by atoms with Gasteiger partial charge in [0.2, 0.25) is 0 Å². The zero-order valence-corrected chi connectivity index (χ0v) is 11.8. The molecule has 0 radical (unpaired) electrons. The maximum absolute atomic E-state index is 11.7. The van der Waals surface area contributed by atoms with Gasteiger partial charge >= 0.3 is 107 Å². The number of halogens is 1. The molecule has 0 amide bonds. The van der Waals surface area contributed by atoms with Crippen LogP contribution in [0.5, 0.6) is 0 Å². The molecule has 1 aromatic rings. The molecule has 0 N–H and O–H groups in total. The molecule has 0 bridgehead atoms. The van der Waals surface area contributed by atoms with Crippen LogP contribution in [0.1, 0.15) is 13.8 Å². The molecule has 0 saturated carbocycles. The number of rotatable bonds is 5. The van der Waals surface area contributed by atoms with E-state index < -0.39 is 0 Å². The summed E-state index contributed by atoms with van der Waals surface area (Å²) in [5, 5.41) is -0.195. The van der Waals surface area contributed by atoms with Crippen LogP contribution >= 0.6 is 11.6 Å². The number of benzene rings is 1. The Bertz CT molecular complexity index is 327. The van der Waals surface area contributed by atoms with Gasteiger partial charge in [0.1, 0.15) is 0 Å². The molecule has 0 aromatic heterocycles. The Balaban J connectivity index is 2.69. The Morgan fingerprint density at radius 3 is 2.56 bits per heavy atom. The topological polar surface area (TPSA) is 26.3 Å². The zero-order chi connectivity index (χ0) is 12.0. The van der Waals surface area contributed by atoms with Crippen LogP contribution in [0.2, 0.25) is 4.82 Å². The number of carbonyl (C=O) groups excluding carboxylic acids is 1. The summed E-state index contributed by atoms with van der Waals surface area (Å²) in [7, 11) is 0. The molecule has 1 rings (SSSR count). The first-order chi connectivity index (χ1) is 7.65. The number of hydrogen-bond acceptors (Lipinski definition) is 2. The number of esters is 1. The van der Waals surface area contributed by atoms with E-state index in [1.165, 1.54) is 4.46 Å². The third-order valence-electron chi connectivity index (χ3n) is 1.94. The van der Waals surface area contributed by atoms with Crippen molar-refractivity contribution in [3.05, 3.63) is 30.3 Å². The van der Waals surface area contributed by atoms with Crippen molar-refractivity contribution in [1.29, 1.82) is 0 Å². The van der Waals surface area contributed by atoms with Gasteiger partial charge in [-0.05, 0) is 0 Å². The van der Waals surface area contributed by atoms with E-state index in [1.54, 1.807) is 0 Å². The fourth-order valence-electron chi connectivity index (χ4n) is 1.20. The van der Waals surface area contributed by atoms with Crippen LogP contribution in [0.4, 0.5) is 0 Å². The molecule has 0 spiro atoms. The molecule has 0 aliphatic rings. The molecule has 0 fully saturated rings. The van der Waals surface area contributed by atoms with Gasteiger partial charge in [-0.2, -0.15) is 0 Å². The predicted octanol–water partition coefficient (Wildman–Crippen LogP) is 1.99. The van der Waals surface area contributed by atoms with Crippen LogP contribution in [0.25, 0.3) is 0 Å². The van der Waals surface area contributed by atoms with Crippen LogP contribution in [0.15, 0.2) is 30.3 Å². The van der Waals surface area contributed by atoms with E-state index >= 15 is 0 Å². The van der Waals surface area contributed by atoms with Crippen LogP contribution in [0.3, 0.4) is 0 Å². The fourth-order valence-corrected chi connectivity index (χ4v) is 3.58. The average molecular weight is 306 g/mol. The van der Waals surface area contributed by atoms with Gasteiger partial charge in [0, 0.05) is 0 Å². The van der Waals surface area contributed by atoms with E-state index in [2.05, 4.69) is 0 Å². The first-order valence-corrected chi connectivity index (χ1v) is 7.45. The summed E-state index contributed by atoms with van der Waals surface area (Å²) in [6, 6.07) is 9.94. The van der Waals surface area contributed by atoms with Crippen LogP contribution in [-0.2, 0) is 9.53 Å². The third-order valence-corrected chi connectivity index (χ3v) is 5.47. The number of carbonyl (C=O) groups is 1. The SMILES string of the molecule is CCOC(=O)C([Se]c1ccccc1)C(C)Cl. The maximum atomic E-state index is 11.7. The van der Waals surface area contributed by atoms with Gasteiger partial charge in [-0.15, -0.1) is 0 Å². The molecule has 4 heteroatoms. The second-order valence-electron chi connectivity index (χ2n) is 3.28. The molecule has 0 saturated heterocycles. The Labute approximate surface area is 107 Å². The van der Waals surface area contributed by atoms with E-state index in [9.17, 15) is 4.79 Å². The quantitative estimate of drug-likeness (QED) is 0.472. The van der Waals surface area contributed by atoms with Gasteiger partial charge < -0.3 is 0 Å². The Morgan fingerprint density at radius 2 is 2.06 bits per heavy atom. The van der Waals surface area contributed by atoms with Gasteiger partial charge in [0.15, 0.2) is 0 Å². The molecule has 2 atom stereocenters. The summed E-state index contributed by atoms with van der Waals surface area (Å²) < 4.78 is 6.20. The zero-order valence-electron chi connectivity index (χ0n) is 9.35. The third kappa shape index (κ3) is 4.17. The minimum absolute atomic E-state index is 0.0225. The van der Waals surface area contributed by atoms with Gasteiger partial charge in [-0.3, -0.25) is 0 Å². The minimum atomic E-state index is -0.212. The number of hydrogen-bond donors (Lipinski definition) is 0. The van der Waals surface area contributed by atoms with Gasteiger partial charge in [0.25, 0.3) is 0 Å². The second kappa shape index (κ2) is 6.95. The number of ether oxygens (including phenoxy) is 1. The van der Waals surface area contributed by atoms with E-state index in [0.717, 1.165) is 0 Å². The summed E-state index contributed by atoms with van der Waals surface area (Å²) in [5.41, 5.74) is 0. The summed E-state index contributed by atoms with van der Waals surface area (Å²) in [5.74, 6) is -0.186. The van der Waals surface area contributed by atoms with E-state index in [1.807, 2.05) is 44.2 Å². The van der Waals surface area contributed by atoms with E-state index in [-0.39, 0.29) is 31.1 Å². The van der Waals surface area contributed by atoms with Gasteiger partial charge in [0.05, 0.1) is 0 Å². The summed E-state index contributed by atoms with van der Waals surface area (Å²) in [4.78, 5) is 11.5. The van der Waals surface area contributed by atoms with Crippen molar-refractivity contribution < 1.29 is 9.53 Å². The monoisotopic (exact) mass is 306 g/mol. The molecule has 16 heavy (non-hydrogen) atoms. The Morgan fingerprint density at radius 1 is 1.44 bits per heavy atom. The van der Waals surface area contributed by atoms with Crippen molar-refractivity contribution in [2.24, 2.45) is 0 Å². The molecule has 2 unspecified atom stereocenters. The first kappa shape index (κ1) is 13.6. The molecule has 0 aliphatic heterocycles. The van der Waals surface area contributed by atoms with Crippen molar-refractivity contribution >= 4 is 37.0 Å². The normalized spacial score (nSPS) is 14.2. The molecule has 1 aromatic carbocycles. The number of alkyl halides is 1. The van der Waals surface area contributed by atoms with Crippen molar-refractivity contribution in [3.8, 4) is 0 Å². The standard InChI is InChI=1S/C12H15ClO2Se/c1-3-15-12(14)11(9(2)13)16-10-7-5-4-6-8-10/h4-9,11H,3H2,1-2H3. The summed E-state index contributed by atoms with van der Waals surface area (Å²) >= 11 is 6.06. The molecule has 2 nitrogen and oxygen atoms in total. The van der Waals surface area contributed by atoms with Crippen molar-refractivity contribution in [2.45, 2.75) is 24.0 Å². The van der Waals surface area contributed by atoms with Crippen molar-refractivity contribution in [1.82, 2.24) is 0 Å². The van der Waals surface area contributed by atoms with Crippen LogP contribution in [0, 0.1) is 0 Å². The molecule has 88 valence electrons. The molecule has 0 heterocycles. The van der Waals surface area contributed by atoms with Gasteiger partial charge in [-0.25, -0.2) is 0 Å². The molecule has 0 aliphatic carbocycles. The van der Waals surface area contributed by atoms with Crippen molar-refractivity contribution in [2.75, 3.05) is 6.61 Å². The first-order valence-electron chi connectivity index (χ1n) is 5.17. The van der Waals surface area contributed by atoms with Crippen LogP contribution in [-0.4, -0.2) is 32.9 Å². The molecular weight excluding hydrogens is 291 g/mol. The predicted molar refractivity (Wildman–Crippen MR) is 67.5 cm³/mol. The Kier molecular flexibility index (Phi) is 5.89. The van der Waals surface area contributed by atoms with Crippen molar-refractivity contribution in [3.63, 3.8) is 0 Å². The Hall–Kier alpha value is -0.501. The summed E-state index contributed by atoms with van der Waals surface area (Å²) in [6.45, 7) is 4.06. The average Bonchev–Trinajstić information content (AvgIpc) is 2.27.